The number of carbonyl (C=O) groups is 1. The van der Waals surface area contributed by atoms with Crippen LogP contribution in [-0.4, -0.2) is 29.6 Å². The number of hydrogen-bond donors (Lipinski definition) is 2. The van der Waals surface area contributed by atoms with E-state index in [1.807, 2.05) is 13.0 Å². The number of nitrogens with two attached hydrogens (primary N) is 1. The van der Waals surface area contributed by atoms with Crippen molar-refractivity contribution in [3.63, 3.8) is 0 Å². The van der Waals surface area contributed by atoms with Crippen LogP contribution in [0.5, 0.6) is 0 Å². The van der Waals surface area contributed by atoms with Crippen LogP contribution < -0.4 is 11.1 Å². The molecule has 0 radical (unpaired) electrons. The summed E-state index contributed by atoms with van der Waals surface area (Å²) in [5.74, 6) is 0.385. The lowest BCUT2D eigenvalue weighted by Gasteiger charge is -2.05. The number of esters is 1. The van der Waals surface area contributed by atoms with E-state index in [4.69, 9.17) is 5.73 Å². The summed E-state index contributed by atoms with van der Waals surface area (Å²) in [7, 11) is 1.34. The van der Waals surface area contributed by atoms with Gasteiger partial charge in [-0.05, 0) is 13.0 Å². The molecule has 0 spiro atoms. The Morgan fingerprint density at radius 3 is 3.06 bits per heavy atom. The molecule has 0 saturated carbocycles. The van der Waals surface area contributed by atoms with Gasteiger partial charge < -0.3 is 15.8 Å². The van der Waals surface area contributed by atoms with Crippen molar-refractivity contribution >= 4 is 39.3 Å². The molecule has 0 saturated heterocycles. The summed E-state index contributed by atoms with van der Waals surface area (Å²) >= 11 is 1.53. The maximum Gasteiger partial charge on any atom is 0.325 e. The van der Waals surface area contributed by atoms with Gasteiger partial charge in [-0.25, -0.2) is 4.98 Å². The zero-order valence-corrected chi connectivity index (χ0v) is 10.3. The molecule has 17 heavy (non-hydrogen) atoms. The highest BCUT2D eigenvalue weighted by Gasteiger charge is 2.10. The molecule has 2 aromatic rings. The molecule has 0 atom stereocenters. The minimum Gasteiger partial charge on any atom is -0.468 e. The first-order chi connectivity index (χ1) is 8.10. The topological polar surface area (TPSA) is 90.1 Å². The Labute approximate surface area is 102 Å². The standard InChI is InChI=1S/C10H12N4O2S/c1-5-3-6-8(12-4-7(15)16-2)13-10(11)14-9(6)17-5/h3H,4H2,1-2H3,(H3,11,12,13,14). The maximum atomic E-state index is 11.1. The van der Waals surface area contributed by atoms with E-state index in [-0.39, 0.29) is 18.5 Å². The maximum absolute atomic E-state index is 11.1. The van der Waals surface area contributed by atoms with Gasteiger partial charge in [0.25, 0.3) is 0 Å². The molecule has 7 heteroatoms. The summed E-state index contributed by atoms with van der Waals surface area (Å²) in [6.45, 7) is 2.03. The molecular weight excluding hydrogens is 240 g/mol. The number of rotatable bonds is 3. The number of fused-ring (bicyclic) bond motifs is 1. The zero-order chi connectivity index (χ0) is 12.4. The van der Waals surface area contributed by atoms with Crippen molar-refractivity contribution in [2.45, 2.75) is 6.92 Å². The summed E-state index contributed by atoms with van der Waals surface area (Å²) in [5, 5.41) is 3.76. The van der Waals surface area contributed by atoms with E-state index in [2.05, 4.69) is 20.0 Å². The van der Waals surface area contributed by atoms with Crippen LogP contribution in [0, 0.1) is 6.92 Å². The van der Waals surface area contributed by atoms with Crippen molar-refractivity contribution in [3.05, 3.63) is 10.9 Å². The van der Waals surface area contributed by atoms with Crippen LogP contribution in [0.1, 0.15) is 4.88 Å². The SMILES string of the molecule is COC(=O)CNc1nc(N)nc2sc(C)cc12. The Hall–Kier alpha value is -1.89. The normalized spacial score (nSPS) is 10.5. The van der Waals surface area contributed by atoms with Gasteiger partial charge >= 0.3 is 5.97 Å². The fourth-order valence-electron chi connectivity index (χ4n) is 1.42. The first-order valence-corrected chi connectivity index (χ1v) is 5.76. The van der Waals surface area contributed by atoms with Crippen LogP contribution in [-0.2, 0) is 9.53 Å². The molecule has 2 aromatic heterocycles. The number of methoxy groups -OCH3 is 1. The molecule has 3 N–H and O–H groups in total. The molecule has 90 valence electrons. The summed E-state index contributed by atoms with van der Waals surface area (Å²) < 4.78 is 4.55. The molecule has 0 aliphatic rings. The molecule has 0 aliphatic heterocycles. The average Bonchev–Trinajstić information content (AvgIpc) is 2.65. The van der Waals surface area contributed by atoms with E-state index in [9.17, 15) is 4.79 Å². The molecule has 2 heterocycles. The molecular formula is C10H12N4O2S. The number of hydrogen-bond acceptors (Lipinski definition) is 7. The Bertz CT molecular complexity index is 567. The van der Waals surface area contributed by atoms with Crippen LogP contribution in [0.2, 0.25) is 0 Å². The second kappa shape index (κ2) is 4.54. The fourth-order valence-corrected chi connectivity index (χ4v) is 2.31. The molecule has 0 aromatic carbocycles. The third kappa shape index (κ3) is 2.44. The Morgan fingerprint density at radius 1 is 1.59 bits per heavy atom. The predicted octanol–water partition coefficient (Wildman–Crippen LogP) is 1.17. The fraction of sp³-hybridized carbons (Fsp3) is 0.300. The van der Waals surface area contributed by atoms with E-state index in [0.717, 1.165) is 15.1 Å². The Kier molecular flexibility index (Phi) is 3.10. The molecule has 6 nitrogen and oxygen atoms in total. The van der Waals surface area contributed by atoms with Crippen molar-refractivity contribution in [2.75, 3.05) is 24.7 Å². The third-order valence-electron chi connectivity index (χ3n) is 2.16. The molecule has 0 fully saturated rings. The highest BCUT2D eigenvalue weighted by molar-refractivity contribution is 7.18. The Balaban J connectivity index is 2.34. The second-order valence-corrected chi connectivity index (χ2v) is 4.67. The van der Waals surface area contributed by atoms with Gasteiger partial charge in [0.2, 0.25) is 5.95 Å². The molecule has 0 bridgehead atoms. The van der Waals surface area contributed by atoms with Crippen molar-refractivity contribution in [2.24, 2.45) is 0 Å². The molecule has 2 rings (SSSR count). The number of nitrogen functional groups attached to an aromatic ring is 1. The van der Waals surface area contributed by atoms with Gasteiger partial charge in [-0.3, -0.25) is 4.79 Å². The van der Waals surface area contributed by atoms with Crippen LogP contribution in [0.4, 0.5) is 11.8 Å². The first kappa shape index (κ1) is 11.6. The number of nitrogens with one attached hydrogen (secondary N) is 1. The van der Waals surface area contributed by atoms with E-state index in [0.29, 0.717) is 5.82 Å². The molecule has 0 unspecified atom stereocenters. The van der Waals surface area contributed by atoms with E-state index in [1.54, 1.807) is 0 Å². The number of thiophene rings is 1. The first-order valence-electron chi connectivity index (χ1n) is 4.94. The number of nitrogens with zero attached hydrogens (tertiary/aromatic N) is 2. The smallest absolute Gasteiger partial charge is 0.325 e. The van der Waals surface area contributed by atoms with E-state index < -0.39 is 0 Å². The van der Waals surface area contributed by atoms with Gasteiger partial charge in [-0.1, -0.05) is 0 Å². The monoisotopic (exact) mass is 252 g/mol. The van der Waals surface area contributed by atoms with E-state index >= 15 is 0 Å². The van der Waals surface area contributed by atoms with E-state index in [1.165, 1.54) is 18.4 Å². The van der Waals surface area contributed by atoms with Gasteiger partial charge in [-0.2, -0.15) is 4.98 Å². The average molecular weight is 252 g/mol. The van der Waals surface area contributed by atoms with Crippen LogP contribution in [0.15, 0.2) is 6.07 Å². The number of aromatic nitrogens is 2. The van der Waals surface area contributed by atoms with Gasteiger partial charge in [-0.15, -0.1) is 11.3 Å². The van der Waals surface area contributed by atoms with Crippen LogP contribution in [0.3, 0.4) is 0 Å². The highest BCUT2D eigenvalue weighted by Crippen LogP contribution is 2.28. The quantitative estimate of drug-likeness (QED) is 0.797. The summed E-state index contributed by atoms with van der Waals surface area (Å²) in [4.78, 5) is 21.2. The number of anilines is 2. The number of aryl methyl sites for hydroxylation is 1. The predicted molar refractivity (Wildman–Crippen MR) is 67.1 cm³/mol. The van der Waals surface area contributed by atoms with Gasteiger partial charge in [0.15, 0.2) is 0 Å². The highest BCUT2D eigenvalue weighted by atomic mass is 32.1. The van der Waals surface area contributed by atoms with Crippen molar-refractivity contribution in [3.8, 4) is 0 Å². The third-order valence-corrected chi connectivity index (χ3v) is 3.11. The molecule has 0 aliphatic carbocycles. The largest absolute Gasteiger partial charge is 0.468 e. The minimum atomic E-state index is -0.359. The van der Waals surface area contributed by atoms with Crippen molar-refractivity contribution in [1.29, 1.82) is 0 Å². The minimum absolute atomic E-state index is 0.0525. The Morgan fingerprint density at radius 2 is 2.35 bits per heavy atom. The lowest BCUT2D eigenvalue weighted by molar-refractivity contribution is -0.138. The van der Waals surface area contributed by atoms with Gasteiger partial charge in [0.1, 0.15) is 17.2 Å². The number of carbonyl (C=O) groups excluding carboxylic acids is 1. The number of ether oxygens (including phenoxy) is 1. The lowest BCUT2D eigenvalue weighted by Crippen LogP contribution is -2.16. The zero-order valence-electron chi connectivity index (χ0n) is 9.48. The lowest BCUT2D eigenvalue weighted by atomic mass is 10.3. The van der Waals surface area contributed by atoms with Crippen molar-refractivity contribution < 1.29 is 9.53 Å². The van der Waals surface area contributed by atoms with Crippen LogP contribution >= 0.6 is 11.3 Å². The van der Waals surface area contributed by atoms with Crippen molar-refractivity contribution in [1.82, 2.24) is 9.97 Å². The second-order valence-electron chi connectivity index (χ2n) is 3.44. The molecule has 0 amide bonds. The summed E-state index contributed by atoms with van der Waals surface area (Å²) in [6.07, 6.45) is 0. The summed E-state index contributed by atoms with van der Waals surface area (Å²) in [6, 6.07) is 1.96. The summed E-state index contributed by atoms with van der Waals surface area (Å²) in [5.41, 5.74) is 5.60. The van der Waals surface area contributed by atoms with Gasteiger partial charge in [0, 0.05) is 4.88 Å². The van der Waals surface area contributed by atoms with Crippen LogP contribution in [0.25, 0.3) is 10.2 Å². The van der Waals surface area contributed by atoms with Gasteiger partial charge in [0.05, 0.1) is 12.5 Å².